The van der Waals surface area contributed by atoms with Crippen molar-refractivity contribution in [3.8, 4) is 11.8 Å². The molecule has 1 heterocycles. The Bertz CT molecular complexity index is 475. The summed E-state index contributed by atoms with van der Waals surface area (Å²) in [6, 6.07) is 0. The number of morpholine rings is 1. The molecule has 1 aliphatic rings. The van der Waals surface area contributed by atoms with Crippen molar-refractivity contribution in [2.45, 2.75) is 0 Å². The highest BCUT2D eigenvalue weighted by atomic mass is 32.2. The average Bonchev–Trinajstić information content (AvgIpc) is 2.38. The fourth-order valence-corrected chi connectivity index (χ4v) is 1.86. The quantitative estimate of drug-likeness (QED) is 0.614. The third kappa shape index (κ3) is 6.86. The van der Waals surface area contributed by atoms with Crippen LogP contribution in [0.2, 0.25) is 0 Å². The lowest BCUT2D eigenvalue weighted by Crippen LogP contribution is -2.38. The molecule has 0 unspecified atom stereocenters. The Morgan fingerprint density at radius 3 is 2.60 bits per heavy atom. The van der Waals surface area contributed by atoms with Gasteiger partial charge in [0.2, 0.25) is 15.9 Å². The Balaban J connectivity index is 2.18. The smallest absolute Gasteiger partial charge is 0.236 e. The normalized spacial score (nSPS) is 16.6. The number of hydrogen-bond acceptors (Lipinski definition) is 5. The average molecular weight is 303 g/mol. The van der Waals surface area contributed by atoms with Crippen LogP contribution in [0.3, 0.4) is 0 Å². The van der Waals surface area contributed by atoms with E-state index in [-0.39, 0.29) is 19.0 Å². The Kier molecular flexibility index (Phi) is 6.95. The number of amides is 1. The van der Waals surface area contributed by atoms with Gasteiger partial charge in [-0.1, -0.05) is 11.8 Å². The largest absolute Gasteiger partial charge is 0.379 e. The van der Waals surface area contributed by atoms with Crippen LogP contribution in [0.1, 0.15) is 0 Å². The summed E-state index contributed by atoms with van der Waals surface area (Å²) in [6.07, 6.45) is 1.06. The van der Waals surface area contributed by atoms with E-state index in [2.05, 4.69) is 22.1 Å². The molecule has 0 spiro atoms. The maximum Gasteiger partial charge on any atom is 0.236 e. The van der Waals surface area contributed by atoms with Crippen molar-refractivity contribution in [3.05, 3.63) is 0 Å². The van der Waals surface area contributed by atoms with Crippen LogP contribution in [0, 0.1) is 11.8 Å². The first kappa shape index (κ1) is 16.9. The fraction of sp³-hybridized carbons (Fsp3) is 0.750. The predicted molar refractivity (Wildman–Crippen MR) is 75.5 cm³/mol. The minimum absolute atomic E-state index is 0.190. The van der Waals surface area contributed by atoms with Gasteiger partial charge in [-0.3, -0.25) is 9.69 Å². The van der Waals surface area contributed by atoms with Crippen LogP contribution >= 0.6 is 0 Å². The number of rotatable bonds is 5. The van der Waals surface area contributed by atoms with Crippen molar-refractivity contribution >= 4 is 15.9 Å². The lowest BCUT2D eigenvalue weighted by atomic mass is 10.4. The number of hydrogen-bond donors (Lipinski definition) is 1. The van der Waals surface area contributed by atoms with Crippen LogP contribution in [0.5, 0.6) is 0 Å². The van der Waals surface area contributed by atoms with Gasteiger partial charge in [0.1, 0.15) is 0 Å². The Morgan fingerprint density at radius 1 is 1.35 bits per heavy atom. The first-order valence-corrected chi connectivity index (χ1v) is 8.18. The highest BCUT2D eigenvalue weighted by Gasteiger charge is 2.14. The third-order valence-electron chi connectivity index (χ3n) is 2.84. The van der Waals surface area contributed by atoms with Crippen molar-refractivity contribution in [1.29, 1.82) is 0 Å². The number of likely N-dealkylation sites (N-methyl/N-ethyl adjacent to an activating group) is 1. The molecule has 0 radical (unpaired) electrons. The molecule has 1 N–H and O–H groups in total. The summed E-state index contributed by atoms with van der Waals surface area (Å²) in [5.41, 5.74) is 0. The zero-order chi connectivity index (χ0) is 15.0. The minimum Gasteiger partial charge on any atom is -0.379 e. The molecular formula is C12H21N3O4S. The molecule has 114 valence electrons. The third-order valence-corrected chi connectivity index (χ3v) is 4.10. The zero-order valence-corrected chi connectivity index (χ0v) is 12.7. The number of ether oxygens (including phenoxy) is 1. The van der Waals surface area contributed by atoms with Gasteiger partial charge in [-0.25, -0.2) is 8.42 Å². The van der Waals surface area contributed by atoms with E-state index < -0.39 is 10.0 Å². The number of carbonyl (C=O) groups is 1. The summed E-state index contributed by atoms with van der Waals surface area (Å²) in [6.45, 7) is 3.90. The molecule has 0 aromatic carbocycles. The lowest BCUT2D eigenvalue weighted by molar-refractivity contribution is -0.120. The molecule has 0 atom stereocenters. The van der Waals surface area contributed by atoms with Gasteiger partial charge in [0.15, 0.2) is 0 Å². The molecule has 8 heteroatoms. The van der Waals surface area contributed by atoms with E-state index >= 15 is 0 Å². The van der Waals surface area contributed by atoms with Gasteiger partial charge in [-0.15, -0.1) is 0 Å². The molecular weight excluding hydrogens is 282 g/mol. The maximum absolute atomic E-state index is 11.5. The summed E-state index contributed by atoms with van der Waals surface area (Å²) in [5.74, 6) is 5.45. The second kappa shape index (κ2) is 8.21. The van der Waals surface area contributed by atoms with Crippen molar-refractivity contribution in [2.24, 2.45) is 0 Å². The first-order valence-electron chi connectivity index (χ1n) is 6.33. The van der Waals surface area contributed by atoms with E-state index in [4.69, 9.17) is 4.74 Å². The lowest BCUT2D eigenvalue weighted by Gasteiger charge is -2.24. The molecule has 0 saturated carbocycles. The van der Waals surface area contributed by atoms with Crippen LogP contribution in [-0.2, 0) is 19.6 Å². The molecule has 0 aromatic rings. The molecule has 1 aliphatic heterocycles. The monoisotopic (exact) mass is 303 g/mol. The van der Waals surface area contributed by atoms with Crippen LogP contribution in [0.25, 0.3) is 0 Å². The van der Waals surface area contributed by atoms with E-state index in [1.165, 1.54) is 7.05 Å². The predicted octanol–water partition coefficient (Wildman–Crippen LogP) is -1.67. The van der Waals surface area contributed by atoms with Gasteiger partial charge in [0, 0.05) is 20.1 Å². The van der Waals surface area contributed by atoms with Crippen molar-refractivity contribution in [1.82, 2.24) is 14.5 Å². The van der Waals surface area contributed by atoms with Crippen LogP contribution in [0.4, 0.5) is 0 Å². The molecule has 0 aromatic heterocycles. The number of nitrogens with zero attached hydrogens (tertiary/aromatic N) is 2. The number of carbonyl (C=O) groups excluding carboxylic acids is 1. The summed E-state index contributed by atoms with van der Waals surface area (Å²) >= 11 is 0. The SMILES string of the molecule is CN(CC(=O)NCC#CCN1CCOCC1)S(C)(=O)=O. The highest BCUT2D eigenvalue weighted by Crippen LogP contribution is 1.94. The van der Waals surface area contributed by atoms with E-state index in [1.54, 1.807) is 0 Å². The van der Waals surface area contributed by atoms with Gasteiger partial charge in [0.05, 0.1) is 39.1 Å². The van der Waals surface area contributed by atoms with Gasteiger partial charge in [-0.2, -0.15) is 4.31 Å². The topological polar surface area (TPSA) is 79.0 Å². The molecule has 0 aliphatic carbocycles. The minimum atomic E-state index is -3.33. The van der Waals surface area contributed by atoms with Crippen LogP contribution in [-0.4, -0.2) is 82.8 Å². The summed E-state index contributed by atoms with van der Waals surface area (Å²) in [4.78, 5) is 13.6. The van der Waals surface area contributed by atoms with Gasteiger partial charge in [-0.05, 0) is 0 Å². The van der Waals surface area contributed by atoms with Crippen molar-refractivity contribution in [2.75, 3.05) is 59.2 Å². The van der Waals surface area contributed by atoms with E-state index in [0.29, 0.717) is 6.54 Å². The molecule has 7 nitrogen and oxygen atoms in total. The summed E-state index contributed by atoms with van der Waals surface area (Å²) in [7, 11) is -1.97. The second-order valence-corrected chi connectivity index (χ2v) is 6.63. The van der Waals surface area contributed by atoms with E-state index in [0.717, 1.165) is 36.9 Å². The highest BCUT2D eigenvalue weighted by molar-refractivity contribution is 7.88. The molecule has 1 saturated heterocycles. The zero-order valence-electron chi connectivity index (χ0n) is 11.9. The Hall–Kier alpha value is -1.14. The van der Waals surface area contributed by atoms with Gasteiger partial charge in [0.25, 0.3) is 0 Å². The molecule has 0 bridgehead atoms. The number of sulfonamides is 1. The summed E-state index contributed by atoms with van der Waals surface area (Å²) < 4.78 is 28.5. The van der Waals surface area contributed by atoms with Gasteiger partial charge >= 0.3 is 0 Å². The molecule has 20 heavy (non-hydrogen) atoms. The van der Waals surface area contributed by atoms with Crippen LogP contribution < -0.4 is 5.32 Å². The van der Waals surface area contributed by atoms with E-state index in [9.17, 15) is 13.2 Å². The first-order chi connectivity index (χ1) is 9.39. The maximum atomic E-state index is 11.5. The van der Waals surface area contributed by atoms with Crippen molar-refractivity contribution in [3.63, 3.8) is 0 Å². The summed E-state index contributed by atoms with van der Waals surface area (Å²) in [5, 5.41) is 2.56. The van der Waals surface area contributed by atoms with Gasteiger partial charge < -0.3 is 10.1 Å². The molecule has 1 rings (SSSR count). The Morgan fingerprint density at radius 2 is 2.00 bits per heavy atom. The second-order valence-electron chi connectivity index (χ2n) is 4.54. The molecule has 1 fully saturated rings. The standard InChI is InChI=1S/C12H21N3O4S/c1-14(20(2,17)18)11-12(16)13-5-3-4-6-15-7-9-19-10-8-15/h5-11H2,1-2H3,(H,13,16). The Labute approximate surface area is 120 Å². The van der Waals surface area contributed by atoms with Crippen molar-refractivity contribution < 1.29 is 17.9 Å². The van der Waals surface area contributed by atoms with Crippen LogP contribution in [0.15, 0.2) is 0 Å². The molecule has 1 amide bonds. The fourth-order valence-electron chi connectivity index (χ4n) is 1.51. The number of nitrogens with one attached hydrogen (secondary N) is 1. The van der Waals surface area contributed by atoms with E-state index in [1.807, 2.05) is 0 Å².